The summed E-state index contributed by atoms with van der Waals surface area (Å²) >= 11 is 0. The average molecular weight is 303 g/mol. The summed E-state index contributed by atoms with van der Waals surface area (Å²) in [4.78, 5) is 16.4. The Morgan fingerprint density at radius 3 is 2.74 bits per heavy atom. The van der Waals surface area contributed by atoms with Gasteiger partial charge >= 0.3 is 0 Å². The van der Waals surface area contributed by atoms with Gasteiger partial charge in [0.15, 0.2) is 0 Å². The summed E-state index contributed by atoms with van der Waals surface area (Å²) in [5.74, 6) is 0.0437. The lowest BCUT2D eigenvalue weighted by Gasteiger charge is -2.15. The predicted octanol–water partition coefficient (Wildman–Crippen LogP) is 2.81. The average Bonchev–Trinajstić information content (AvgIpc) is 3.15. The van der Waals surface area contributed by atoms with Crippen molar-refractivity contribution < 1.29 is 4.79 Å². The highest BCUT2D eigenvalue weighted by molar-refractivity contribution is 5.79. The first-order chi connectivity index (χ1) is 11.3. The maximum absolute atomic E-state index is 12.2. The Hall–Kier alpha value is -2.88. The Morgan fingerprint density at radius 2 is 1.87 bits per heavy atom. The van der Waals surface area contributed by atoms with Gasteiger partial charge in [-0.2, -0.15) is 0 Å². The molecule has 2 heterocycles. The second kappa shape index (κ2) is 5.72. The number of benzene rings is 2. The SMILES string of the molecule is O=C(Cc1ccccc1)NCC1c2ccccc2-c2cncn21. The summed E-state index contributed by atoms with van der Waals surface area (Å²) in [7, 11) is 0. The van der Waals surface area contributed by atoms with E-state index in [0.29, 0.717) is 13.0 Å². The van der Waals surface area contributed by atoms with E-state index < -0.39 is 0 Å². The third-order valence-electron chi connectivity index (χ3n) is 4.30. The molecule has 114 valence electrons. The van der Waals surface area contributed by atoms with Gasteiger partial charge in [0, 0.05) is 12.1 Å². The Balaban J connectivity index is 1.48. The first kappa shape index (κ1) is 13.8. The molecule has 4 heteroatoms. The fraction of sp³-hybridized carbons (Fsp3) is 0.158. The third-order valence-corrected chi connectivity index (χ3v) is 4.30. The molecule has 0 aliphatic carbocycles. The molecular formula is C19H17N3O. The number of imidazole rings is 1. The fourth-order valence-electron chi connectivity index (χ4n) is 3.19. The van der Waals surface area contributed by atoms with Gasteiger partial charge in [-0.05, 0) is 11.1 Å². The number of rotatable bonds is 4. The molecule has 1 aliphatic heterocycles. The summed E-state index contributed by atoms with van der Waals surface area (Å²) in [6.45, 7) is 0.575. The maximum atomic E-state index is 12.2. The van der Waals surface area contributed by atoms with Gasteiger partial charge in [-0.3, -0.25) is 4.79 Å². The molecule has 0 bridgehead atoms. The standard InChI is InChI=1S/C19H17N3O/c23-19(10-14-6-2-1-3-7-14)21-12-18-16-9-5-4-8-15(16)17-11-20-13-22(17)18/h1-9,11,13,18H,10,12H2,(H,21,23). The molecule has 1 N–H and O–H groups in total. The van der Waals surface area contributed by atoms with Gasteiger partial charge in [0.25, 0.3) is 0 Å². The highest BCUT2D eigenvalue weighted by Gasteiger charge is 2.27. The van der Waals surface area contributed by atoms with Crippen LogP contribution in [0.1, 0.15) is 17.2 Å². The lowest BCUT2D eigenvalue weighted by atomic mass is 10.0. The van der Waals surface area contributed by atoms with Crippen molar-refractivity contribution >= 4 is 5.91 Å². The van der Waals surface area contributed by atoms with Gasteiger partial charge in [0.1, 0.15) is 0 Å². The Morgan fingerprint density at radius 1 is 1.09 bits per heavy atom. The van der Waals surface area contributed by atoms with Crippen LogP contribution in [0, 0.1) is 0 Å². The van der Waals surface area contributed by atoms with Crippen LogP contribution < -0.4 is 5.32 Å². The number of carbonyl (C=O) groups is 1. The van der Waals surface area contributed by atoms with Crippen molar-refractivity contribution in [2.24, 2.45) is 0 Å². The molecule has 1 atom stereocenters. The molecule has 0 radical (unpaired) electrons. The van der Waals surface area contributed by atoms with E-state index in [-0.39, 0.29) is 11.9 Å². The minimum absolute atomic E-state index is 0.0437. The van der Waals surface area contributed by atoms with Crippen LogP contribution in [0.5, 0.6) is 0 Å². The summed E-state index contributed by atoms with van der Waals surface area (Å²) in [6.07, 6.45) is 4.12. The molecule has 0 fully saturated rings. The number of carbonyl (C=O) groups excluding carboxylic acids is 1. The third kappa shape index (κ3) is 2.52. The van der Waals surface area contributed by atoms with Crippen LogP contribution in [0.15, 0.2) is 67.1 Å². The van der Waals surface area contributed by atoms with Crippen molar-refractivity contribution in [2.75, 3.05) is 6.54 Å². The van der Waals surface area contributed by atoms with Gasteiger partial charge in [-0.25, -0.2) is 4.98 Å². The minimum Gasteiger partial charge on any atom is -0.353 e. The molecule has 0 spiro atoms. The summed E-state index contributed by atoms with van der Waals surface area (Å²) < 4.78 is 2.13. The minimum atomic E-state index is 0.0437. The zero-order valence-corrected chi connectivity index (χ0v) is 12.6. The Labute approximate surface area is 134 Å². The van der Waals surface area contributed by atoms with E-state index in [1.54, 1.807) is 0 Å². The molecule has 0 saturated heterocycles. The number of hydrogen-bond acceptors (Lipinski definition) is 2. The van der Waals surface area contributed by atoms with Crippen molar-refractivity contribution in [3.63, 3.8) is 0 Å². The molecular weight excluding hydrogens is 286 g/mol. The molecule has 1 amide bonds. The van der Waals surface area contributed by atoms with Gasteiger partial charge < -0.3 is 9.88 Å². The van der Waals surface area contributed by atoms with E-state index >= 15 is 0 Å². The first-order valence-electron chi connectivity index (χ1n) is 7.74. The van der Waals surface area contributed by atoms with Gasteiger partial charge in [-0.15, -0.1) is 0 Å². The lowest BCUT2D eigenvalue weighted by Crippen LogP contribution is -2.31. The summed E-state index contributed by atoms with van der Waals surface area (Å²) in [6, 6.07) is 18.2. The zero-order valence-electron chi connectivity index (χ0n) is 12.6. The maximum Gasteiger partial charge on any atom is 0.224 e. The quantitative estimate of drug-likeness (QED) is 0.805. The van der Waals surface area contributed by atoms with E-state index in [9.17, 15) is 4.79 Å². The van der Waals surface area contributed by atoms with Crippen LogP contribution in [-0.2, 0) is 11.2 Å². The largest absolute Gasteiger partial charge is 0.353 e. The van der Waals surface area contributed by atoms with Gasteiger partial charge in [-0.1, -0.05) is 54.6 Å². The molecule has 1 aliphatic rings. The smallest absolute Gasteiger partial charge is 0.224 e. The topological polar surface area (TPSA) is 46.9 Å². The molecule has 4 rings (SSSR count). The fourth-order valence-corrected chi connectivity index (χ4v) is 3.19. The monoisotopic (exact) mass is 303 g/mol. The molecule has 4 nitrogen and oxygen atoms in total. The molecule has 1 aromatic heterocycles. The van der Waals surface area contributed by atoms with Crippen molar-refractivity contribution in [3.05, 3.63) is 78.2 Å². The number of fused-ring (bicyclic) bond motifs is 3. The van der Waals surface area contributed by atoms with Crippen molar-refractivity contribution in [3.8, 4) is 11.3 Å². The second-order valence-electron chi connectivity index (χ2n) is 5.76. The molecule has 3 aromatic rings. The van der Waals surface area contributed by atoms with Crippen molar-refractivity contribution in [1.29, 1.82) is 0 Å². The van der Waals surface area contributed by atoms with E-state index in [0.717, 1.165) is 11.3 Å². The first-order valence-corrected chi connectivity index (χ1v) is 7.74. The van der Waals surface area contributed by atoms with E-state index in [2.05, 4.69) is 27.0 Å². The Bertz CT molecular complexity index is 839. The summed E-state index contributed by atoms with van der Waals surface area (Å²) in [5, 5.41) is 3.06. The number of hydrogen-bond donors (Lipinski definition) is 1. The van der Waals surface area contributed by atoms with Crippen LogP contribution in [0.2, 0.25) is 0 Å². The molecule has 1 unspecified atom stereocenters. The highest BCUT2D eigenvalue weighted by Crippen LogP contribution is 2.38. The highest BCUT2D eigenvalue weighted by atomic mass is 16.1. The van der Waals surface area contributed by atoms with E-state index in [4.69, 9.17) is 0 Å². The Kier molecular flexibility index (Phi) is 3.42. The molecule has 0 saturated carbocycles. The normalized spacial score (nSPS) is 15.0. The van der Waals surface area contributed by atoms with Crippen LogP contribution >= 0.6 is 0 Å². The van der Waals surface area contributed by atoms with Crippen LogP contribution in [0.3, 0.4) is 0 Å². The van der Waals surface area contributed by atoms with Gasteiger partial charge in [0.2, 0.25) is 5.91 Å². The number of amides is 1. The number of nitrogens with zero attached hydrogens (tertiary/aromatic N) is 2. The van der Waals surface area contributed by atoms with E-state index in [1.807, 2.05) is 55.0 Å². The predicted molar refractivity (Wildman–Crippen MR) is 89.0 cm³/mol. The summed E-state index contributed by atoms with van der Waals surface area (Å²) in [5.41, 5.74) is 4.58. The lowest BCUT2D eigenvalue weighted by molar-refractivity contribution is -0.120. The molecule has 2 aromatic carbocycles. The zero-order chi connectivity index (χ0) is 15.6. The molecule has 23 heavy (non-hydrogen) atoms. The number of aromatic nitrogens is 2. The second-order valence-corrected chi connectivity index (χ2v) is 5.76. The van der Waals surface area contributed by atoms with Crippen LogP contribution in [0.25, 0.3) is 11.3 Å². The van der Waals surface area contributed by atoms with Crippen molar-refractivity contribution in [1.82, 2.24) is 14.9 Å². The van der Waals surface area contributed by atoms with Crippen LogP contribution in [0.4, 0.5) is 0 Å². The van der Waals surface area contributed by atoms with E-state index in [1.165, 1.54) is 11.1 Å². The number of nitrogens with one attached hydrogen (secondary N) is 1. The van der Waals surface area contributed by atoms with Crippen molar-refractivity contribution in [2.45, 2.75) is 12.5 Å². The van der Waals surface area contributed by atoms with Gasteiger partial charge in [0.05, 0.1) is 30.7 Å². The van der Waals surface area contributed by atoms with Crippen LogP contribution in [-0.4, -0.2) is 22.0 Å².